The molecule has 4 aromatic carbocycles. The number of nitrogens with zero attached hydrogens (tertiary/aromatic N) is 1. The van der Waals surface area contributed by atoms with E-state index in [9.17, 15) is 9.59 Å². The first-order valence-electron chi connectivity index (χ1n) is 11.8. The van der Waals surface area contributed by atoms with Gasteiger partial charge in [0.05, 0.1) is 11.8 Å². The fourth-order valence-corrected chi connectivity index (χ4v) is 4.89. The summed E-state index contributed by atoms with van der Waals surface area (Å²) in [5.74, 6) is -0.730. The average Bonchev–Trinajstić information content (AvgIpc) is 3.31. The lowest BCUT2D eigenvalue weighted by atomic mass is 10.0. The molecule has 0 unspecified atom stereocenters. The van der Waals surface area contributed by atoms with Crippen LogP contribution in [0.25, 0.3) is 22.0 Å². The molecule has 1 heterocycles. The molecule has 194 valence electrons. The molecular weight excluding hydrogens is 601 g/mol. The zero-order valence-corrected chi connectivity index (χ0v) is 23.6. The maximum atomic E-state index is 13.4. The smallest absolute Gasteiger partial charge is 0.343 e. The van der Waals surface area contributed by atoms with E-state index in [1.165, 1.54) is 6.21 Å². The van der Waals surface area contributed by atoms with Crippen LogP contribution in [-0.2, 0) is 0 Å². The fourth-order valence-electron chi connectivity index (χ4n) is 4.15. The summed E-state index contributed by atoms with van der Waals surface area (Å²) in [5, 5.41) is 6.07. The van der Waals surface area contributed by atoms with E-state index in [4.69, 9.17) is 27.9 Å². The van der Waals surface area contributed by atoms with Crippen molar-refractivity contribution in [3.05, 3.63) is 122 Å². The van der Waals surface area contributed by atoms with Crippen LogP contribution >= 0.6 is 39.1 Å². The first kappa shape index (κ1) is 26.7. The Labute approximate surface area is 242 Å². The normalized spacial score (nSPS) is 11.2. The Bertz CT molecular complexity index is 1750. The quantitative estimate of drug-likeness (QED) is 0.0868. The molecule has 0 aliphatic rings. The zero-order chi connectivity index (χ0) is 27.5. The van der Waals surface area contributed by atoms with Crippen molar-refractivity contribution >= 4 is 68.1 Å². The summed E-state index contributed by atoms with van der Waals surface area (Å²) in [6.45, 7) is 1.97. The molecule has 39 heavy (non-hydrogen) atoms. The molecular formula is C30H20BrCl2N3O3. The number of fused-ring (bicyclic) bond motifs is 1. The molecule has 5 aromatic rings. The molecule has 0 saturated carbocycles. The van der Waals surface area contributed by atoms with Crippen molar-refractivity contribution in [3.8, 4) is 16.9 Å². The summed E-state index contributed by atoms with van der Waals surface area (Å²) in [6, 6.07) is 24.7. The standard InChI is InChI=1S/C30H20BrCl2N3O3/c1-17-5-4-7-23-26(22-6-2-3-8-24(22)33)28(35-27(17)23)29(37)36-34-16-19-15-20(31)11-14-25(19)39-30(38)18-9-12-21(32)13-10-18/h2-16,35H,1H3,(H,36,37). The third-order valence-corrected chi connectivity index (χ3v) is 7.11. The third kappa shape index (κ3) is 5.76. The van der Waals surface area contributed by atoms with E-state index >= 15 is 0 Å². The number of hydrazone groups is 1. The number of halogens is 3. The number of amides is 1. The van der Waals surface area contributed by atoms with Gasteiger partial charge < -0.3 is 9.72 Å². The number of aromatic amines is 1. The predicted molar refractivity (Wildman–Crippen MR) is 159 cm³/mol. The minimum Gasteiger partial charge on any atom is -0.422 e. The molecule has 0 aliphatic heterocycles. The Hall–Kier alpha value is -3.91. The lowest BCUT2D eigenvalue weighted by Gasteiger charge is -2.09. The minimum atomic E-state index is -0.550. The molecule has 6 nitrogen and oxygen atoms in total. The number of carbonyl (C=O) groups excluding carboxylic acids is 2. The highest BCUT2D eigenvalue weighted by atomic mass is 79.9. The van der Waals surface area contributed by atoms with Gasteiger partial charge in [0.25, 0.3) is 5.91 Å². The summed E-state index contributed by atoms with van der Waals surface area (Å²) in [6.07, 6.45) is 1.41. The number of ether oxygens (including phenoxy) is 1. The molecule has 0 aliphatic carbocycles. The molecule has 5 rings (SSSR count). The molecule has 0 fully saturated rings. The van der Waals surface area contributed by atoms with Gasteiger partial charge in [0.1, 0.15) is 11.4 Å². The van der Waals surface area contributed by atoms with E-state index in [1.54, 1.807) is 48.5 Å². The van der Waals surface area contributed by atoms with E-state index in [1.807, 2.05) is 43.3 Å². The van der Waals surface area contributed by atoms with Crippen molar-refractivity contribution in [2.45, 2.75) is 6.92 Å². The third-order valence-electron chi connectivity index (χ3n) is 6.04. The van der Waals surface area contributed by atoms with Gasteiger partial charge in [-0.05, 0) is 61.0 Å². The van der Waals surface area contributed by atoms with E-state index in [-0.39, 0.29) is 5.75 Å². The van der Waals surface area contributed by atoms with Gasteiger partial charge in [-0.3, -0.25) is 4.79 Å². The Morgan fingerprint density at radius 3 is 2.51 bits per heavy atom. The molecule has 1 amide bonds. The second kappa shape index (κ2) is 11.5. The van der Waals surface area contributed by atoms with Crippen molar-refractivity contribution in [3.63, 3.8) is 0 Å². The van der Waals surface area contributed by atoms with Gasteiger partial charge in [-0.2, -0.15) is 5.10 Å². The van der Waals surface area contributed by atoms with Crippen molar-refractivity contribution in [1.29, 1.82) is 0 Å². The van der Waals surface area contributed by atoms with Gasteiger partial charge in [0, 0.05) is 42.1 Å². The van der Waals surface area contributed by atoms with Gasteiger partial charge in [-0.25, -0.2) is 10.2 Å². The Kier molecular flexibility index (Phi) is 7.84. The Balaban J connectivity index is 1.43. The van der Waals surface area contributed by atoms with Crippen LogP contribution < -0.4 is 10.2 Å². The number of rotatable bonds is 6. The number of nitrogens with one attached hydrogen (secondary N) is 2. The number of hydrogen-bond donors (Lipinski definition) is 2. The summed E-state index contributed by atoms with van der Waals surface area (Å²) in [7, 11) is 0. The van der Waals surface area contributed by atoms with Gasteiger partial charge in [-0.15, -0.1) is 0 Å². The molecule has 0 spiro atoms. The predicted octanol–water partition coefficient (Wildman–Crippen LogP) is 8.20. The van der Waals surface area contributed by atoms with Gasteiger partial charge in [0.15, 0.2) is 0 Å². The van der Waals surface area contributed by atoms with Crippen LogP contribution in [0, 0.1) is 6.92 Å². The van der Waals surface area contributed by atoms with E-state index in [2.05, 4.69) is 31.4 Å². The number of esters is 1. The van der Waals surface area contributed by atoms with E-state index in [0.29, 0.717) is 32.4 Å². The summed E-state index contributed by atoms with van der Waals surface area (Å²) >= 11 is 15.8. The number of aromatic nitrogens is 1. The van der Waals surface area contributed by atoms with Crippen molar-refractivity contribution in [2.75, 3.05) is 0 Å². The van der Waals surface area contributed by atoms with E-state index < -0.39 is 11.9 Å². The van der Waals surface area contributed by atoms with Crippen molar-refractivity contribution < 1.29 is 14.3 Å². The zero-order valence-electron chi connectivity index (χ0n) is 20.5. The van der Waals surface area contributed by atoms with Crippen molar-refractivity contribution in [2.24, 2.45) is 5.10 Å². The Morgan fingerprint density at radius 2 is 1.74 bits per heavy atom. The maximum Gasteiger partial charge on any atom is 0.343 e. The Morgan fingerprint density at radius 1 is 0.974 bits per heavy atom. The van der Waals surface area contributed by atoms with Gasteiger partial charge in [0.2, 0.25) is 0 Å². The number of benzene rings is 4. The molecule has 9 heteroatoms. The van der Waals surface area contributed by atoms with E-state index in [0.717, 1.165) is 26.5 Å². The van der Waals surface area contributed by atoms with Crippen molar-refractivity contribution in [1.82, 2.24) is 10.4 Å². The number of carbonyl (C=O) groups is 2. The van der Waals surface area contributed by atoms with Crippen LogP contribution in [0.4, 0.5) is 0 Å². The number of para-hydroxylation sites is 1. The highest BCUT2D eigenvalue weighted by Crippen LogP contribution is 2.37. The van der Waals surface area contributed by atoms with Gasteiger partial charge >= 0.3 is 5.97 Å². The lowest BCUT2D eigenvalue weighted by molar-refractivity contribution is 0.0734. The van der Waals surface area contributed by atoms with Crippen LogP contribution in [0.15, 0.2) is 94.5 Å². The summed E-state index contributed by atoms with van der Waals surface area (Å²) < 4.78 is 6.33. The molecule has 0 atom stereocenters. The summed E-state index contributed by atoms with van der Waals surface area (Å²) in [4.78, 5) is 29.2. The first-order valence-corrected chi connectivity index (χ1v) is 13.3. The number of hydrogen-bond acceptors (Lipinski definition) is 4. The highest BCUT2D eigenvalue weighted by molar-refractivity contribution is 9.10. The minimum absolute atomic E-state index is 0.272. The highest BCUT2D eigenvalue weighted by Gasteiger charge is 2.21. The van der Waals surface area contributed by atoms with Gasteiger partial charge in [-0.1, -0.05) is 75.5 Å². The number of H-pyrrole nitrogens is 1. The molecule has 0 saturated heterocycles. The molecule has 2 N–H and O–H groups in total. The maximum absolute atomic E-state index is 13.4. The topological polar surface area (TPSA) is 83.5 Å². The SMILES string of the molecule is Cc1cccc2c(-c3ccccc3Cl)c(C(=O)NN=Cc3cc(Br)ccc3OC(=O)c3ccc(Cl)cc3)[nH]c12. The second-order valence-corrected chi connectivity index (χ2v) is 10.4. The van der Waals surface area contributed by atoms with Crippen LogP contribution in [0.5, 0.6) is 5.75 Å². The molecule has 0 bridgehead atoms. The second-order valence-electron chi connectivity index (χ2n) is 8.63. The lowest BCUT2D eigenvalue weighted by Crippen LogP contribution is -2.19. The van der Waals surface area contributed by atoms with Crippen LogP contribution in [-0.4, -0.2) is 23.1 Å². The van der Waals surface area contributed by atoms with Crippen LogP contribution in [0.2, 0.25) is 10.0 Å². The number of aryl methyl sites for hydroxylation is 1. The summed E-state index contributed by atoms with van der Waals surface area (Å²) in [5.41, 5.74) is 6.98. The fraction of sp³-hybridized carbons (Fsp3) is 0.0333. The average molecular weight is 621 g/mol. The molecule has 0 radical (unpaired) electrons. The first-order chi connectivity index (χ1) is 18.8. The van der Waals surface area contributed by atoms with Crippen LogP contribution in [0.3, 0.4) is 0 Å². The molecule has 1 aromatic heterocycles. The largest absolute Gasteiger partial charge is 0.422 e. The van der Waals surface area contributed by atoms with Crippen LogP contribution in [0.1, 0.15) is 32.0 Å². The monoisotopic (exact) mass is 619 g/mol.